The van der Waals surface area contributed by atoms with E-state index in [9.17, 15) is 9.59 Å². The van der Waals surface area contributed by atoms with Crippen molar-refractivity contribution in [3.63, 3.8) is 0 Å². The van der Waals surface area contributed by atoms with Crippen LogP contribution in [0, 0.1) is 5.41 Å². The molecule has 0 aromatic carbocycles. The van der Waals surface area contributed by atoms with Gasteiger partial charge in [-0.05, 0) is 12.5 Å². The lowest BCUT2D eigenvalue weighted by molar-refractivity contribution is -0.149. The second-order valence-corrected chi connectivity index (χ2v) is 4.93. The molecule has 1 unspecified atom stereocenters. The first-order valence-electron chi connectivity index (χ1n) is 4.78. The minimum Gasteiger partial charge on any atom is -0.481 e. The lowest BCUT2D eigenvalue weighted by atomic mass is 9.95. The number of aliphatic carboxylic acids is 2. The van der Waals surface area contributed by atoms with E-state index in [0.717, 1.165) is 0 Å². The molecule has 2 N–H and O–H groups in total. The van der Waals surface area contributed by atoms with Crippen LogP contribution in [0.1, 0.15) is 27.2 Å². The monoisotopic (exact) mass is 217 g/mol. The SMILES string of the molecule is CN(CC(C)(C)C)C(CC(=O)O)C(=O)O. The molecule has 0 aromatic heterocycles. The third-order valence-corrected chi connectivity index (χ3v) is 1.91. The predicted octanol–water partition coefficient (Wildman–Crippen LogP) is 0.892. The molecule has 0 bridgehead atoms. The Morgan fingerprint density at radius 3 is 2.00 bits per heavy atom. The largest absolute Gasteiger partial charge is 0.481 e. The fraction of sp³-hybridized carbons (Fsp3) is 0.800. The summed E-state index contributed by atoms with van der Waals surface area (Å²) >= 11 is 0. The van der Waals surface area contributed by atoms with E-state index in [1.165, 1.54) is 0 Å². The highest BCUT2D eigenvalue weighted by Gasteiger charge is 2.28. The van der Waals surface area contributed by atoms with Crippen molar-refractivity contribution in [2.24, 2.45) is 5.41 Å². The van der Waals surface area contributed by atoms with E-state index >= 15 is 0 Å². The van der Waals surface area contributed by atoms with Crippen LogP contribution >= 0.6 is 0 Å². The van der Waals surface area contributed by atoms with Crippen molar-refractivity contribution in [2.45, 2.75) is 33.2 Å². The van der Waals surface area contributed by atoms with Gasteiger partial charge in [-0.25, -0.2) is 0 Å². The number of hydrogen-bond donors (Lipinski definition) is 2. The summed E-state index contributed by atoms with van der Waals surface area (Å²) < 4.78 is 0. The smallest absolute Gasteiger partial charge is 0.321 e. The molecule has 0 fully saturated rings. The Balaban J connectivity index is 4.49. The maximum atomic E-state index is 10.9. The molecular formula is C10H19NO4. The zero-order chi connectivity index (χ0) is 12.2. The topological polar surface area (TPSA) is 77.8 Å². The lowest BCUT2D eigenvalue weighted by Crippen LogP contribution is -2.43. The van der Waals surface area contributed by atoms with Gasteiger partial charge in [0, 0.05) is 6.54 Å². The molecule has 5 heteroatoms. The quantitative estimate of drug-likeness (QED) is 0.715. The number of carboxylic acid groups (broad SMARTS) is 2. The van der Waals surface area contributed by atoms with Crippen LogP contribution in [-0.2, 0) is 9.59 Å². The summed E-state index contributed by atoms with van der Waals surface area (Å²) in [5.74, 6) is -2.19. The summed E-state index contributed by atoms with van der Waals surface area (Å²) in [7, 11) is 1.63. The molecule has 88 valence electrons. The Morgan fingerprint density at radius 2 is 1.73 bits per heavy atom. The van der Waals surface area contributed by atoms with Crippen LogP contribution in [0.15, 0.2) is 0 Å². The Bertz CT molecular complexity index is 244. The molecule has 0 rings (SSSR count). The van der Waals surface area contributed by atoms with Crippen LogP contribution in [0.3, 0.4) is 0 Å². The van der Waals surface area contributed by atoms with Crippen molar-refractivity contribution >= 4 is 11.9 Å². The van der Waals surface area contributed by atoms with E-state index in [1.807, 2.05) is 20.8 Å². The van der Waals surface area contributed by atoms with Gasteiger partial charge in [0.05, 0.1) is 6.42 Å². The van der Waals surface area contributed by atoms with E-state index in [4.69, 9.17) is 10.2 Å². The van der Waals surface area contributed by atoms with Gasteiger partial charge in [0.15, 0.2) is 0 Å². The molecule has 0 aliphatic rings. The minimum atomic E-state index is -1.09. The van der Waals surface area contributed by atoms with Gasteiger partial charge in [-0.15, -0.1) is 0 Å². The highest BCUT2D eigenvalue weighted by molar-refractivity contribution is 5.80. The second kappa shape index (κ2) is 5.11. The highest BCUT2D eigenvalue weighted by atomic mass is 16.4. The van der Waals surface area contributed by atoms with E-state index in [0.29, 0.717) is 6.54 Å². The highest BCUT2D eigenvalue weighted by Crippen LogP contribution is 2.16. The first-order valence-corrected chi connectivity index (χ1v) is 4.78. The summed E-state index contributed by atoms with van der Waals surface area (Å²) in [4.78, 5) is 22.9. The van der Waals surface area contributed by atoms with Gasteiger partial charge in [0.1, 0.15) is 6.04 Å². The molecule has 0 radical (unpaired) electrons. The third kappa shape index (κ3) is 6.06. The van der Waals surface area contributed by atoms with Gasteiger partial charge >= 0.3 is 11.9 Å². The van der Waals surface area contributed by atoms with E-state index in [1.54, 1.807) is 11.9 Å². The first kappa shape index (κ1) is 13.9. The zero-order valence-electron chi connectivity index (χ0n) is 9.65. The van der Waals surface area contributed by atoms with Crippen molar-refractivity contribution in [3.05, 3.63) is 0 Å². The van der Waals surface area contributed by atoms with Gasteiger partial charge in [-0.1, -0.05) is 20.8 Å². The predicted molar refractivity (Wildman–Crippen MR) is 55.8 cm³/mol. The molecule has 1 atom stereocenters. The van der Waals surface area contributed by atoms with Gasteiger partial charge < -0.3 is 10.2 Å². The van der Waals surface area contributed by atoms with Crippen LogP contribution in [0.4, 0.5) is 0 Å². The van der Waals surface area contributed by atoms with Gasteiger partial charge in [-0.2, -0.15) is 0 Å². The van der Waals surface area contributed by atoms with Crippen LogP contribution in [-0.4, -0.2) is 46.7 Å². The minimum absolute atomic E-state index is 0.0546. The average Bonchev–Trinajstić information content (AvgIpc) is 1.95. The summed E-state index contributed by atoms with van der Waals surface area (Å²) in [6.07, 6.45) is -0.373. The molecule has 0 aromatic rings. The fourth-order valence-corrected chi connectivity index (χ4v) is 1.46. The molecule has 0 heterocycles. The maximum absolute atomic E-state index is 10.9. The molecular weight excluding hydrogens is 198 g/mol. The van der Waals surface area contributed by atoms with Crippen molar-refractivity contribution in [3.8, 4) is 0 Å². The summed E-state index contributed by atoms with van der Waals surface area (Å²) in [6.45, 7) is 6.47. The second-order valence-electron chi connectivity index (χ2n) is 4.93. The molecule has 0 aliphatic heterocycles. The summed E-state index contributed by atoms with van der Waals surface area (Å²) in [5.41, 5.74) is -0.0546. The first-order chi connectivity index (χ1) is 6.63. The molecule has 0 amide bonds. The van der Waals surface area contributed by atoms with Crippen molar-refractivity contribution in [1.82, 2.24) is 4.90 Å². The fourth-order valence-electron chi connectivity index (χ4n) is 1.46. The molecule has 0 saturated carbocycles. The molecule has 5 nitrogen and oxygen atoms in total. The van der Waals surface area contributed by atoms with Crippen LogP contribution < -0.4 is 0 Å². The Morgan fingerprint density at radius 1 is 1.27 bits per heavy atom. The van der Waals surface area contributed by atoms with Crippen molar-refractivity contribution in [1.29, 1.82) is 0 Å². The van der Waals surface area contributed by atoms with Crippen LogP contribution in [0.2, 0.25) is 0 Å². The van der Waals surface area contributed by atoms with Gasteiger partial charge in [0.25, 0.3) is 0 Å². The standard InChI is InChI=1S/C10H19NO4/c1-10(2,3)6-11(4)7(9(14)15)5-8(12)13/h7H,5-6H2,1-4H3,(H,12,13)(H,14,15). The molecule has 0 aliphatic carbocycles. The lowest BCUT2D eigenvalue weighted by Gasteiger charge is -2.30. The number of likely N-dealkylation sites (N-methyl/N-ethyl adjacent to an activating group) is 1. The van der Waals surface area contributed by atoms with E-state index in [2.05, 4.69) is 0 Å². The Labute approximate surface area is 89.7 Å². The van der Waals surface area contributed by atoms with Gasteiger partial charge in [0.2, 0.25) is 0 Å². The summed E-state index contributed by atoms with van der Waals surface area (Å²) in [6, 6.07) is -0.957. The summed E-state index contributed by atoms with van der Waals surface area (Å²) in [5, 5.41) is 17.5. The number of rotatable bonds is 5. The van der Waals surface area contributed by atoms with E-state index < -0.39 is 18.0 Å². The number of nitrogens with zero attached hydrogens (tertiary/aromatic N) is 1. The Hall–Kier alpha value is -1.10. The molecule has 0 saturated heterocycles. The number of carboxylic acids is 2. The maximum Gasteiger partial charge on any atom is 0.321 e. The molecule has 15 heavy (non-hydrogen) atoms. The van der Waals surface area contributed by atoms with Crippen LogP contribution in [0.25, 0.3) is 0 Å². The normalized spacial score (nSPS) is 13.9. The number of carbonyl (C=O) groups is 2. The van der Waals surface area contributed by atoms with Crippen LogP contribution in [0.5, 0.6) is 0 Å². The third-order valence-electron chi connectivity index (χ3n) is 1.91. The average molecular weight is 217 g/mol. The van der Waals surface area contributed by atoms with Crippen molar-refractivity contribution < 1.29 is 19.8 Å². The number of hydrogen-bond acceptors (Lipinski definition) is 3. The molecule has 0 spiro atoms. The van der Waals surface area contributed by atoms with E-state index in [-0.39, 0.29) is 11.8 Å². The zero-order valence-corrected chi connectivity index (χ0v) is 9.65. The Kier molecular flexibility index (Phi) is 4.74. The van der Waals surface area contributed by atoms with Crippen molar-refractivity contribution in [2.75, 3.05) is 13.6 Å². The van der Waals surface area contributed by atoms with Gasteiger partial charge in [-0.3, -0.25) is 14.5 Å².